The van der Waals surface area contributed by atoms with Crippen LogP contribution in [0, 0.1) is 6.92 Å². The summed E-state index contributed by atoms with van der Waals surface area (Å²) in [5, 5.41) is 0. The number of hydrogen-bond donors (Lipinski definition) is 0. The number of carbonyl (C=O) groups is 1. The van der Waals surface area contributed by atoms with Crippen molar-refractivity contribution in [1.82, 2.24) is 4.31 Å². The first-order valence-electron chi connectivity index (χ1n) is 10.8. The van der Waals surface area contributed by atoms with Crippen molar-refractivity contribution in [2.24, 2.45) is 0 Å². The highest BCUT2D eigenvalue weighted by atomic mass is 32.2. The lowest BCUT2D eigenvalue weighted by molar-refractivity contribution is -0.123. The van der Waals surface area contributed by atoms with Gasteiger partial charge in [0.05, 0.1) is 12.0 Å². The fourth-order valence-corrected chi connectivity index (χ4v) is 5.26. The molecule has 1 aliphatic rings. The van der Waals surface area contributed by atoms with Crippen LogP contribution in [-0.4, -0.2) is 32.3 Å². The van der Waals surface area contributed by atoms with Crippen molar-refractivity contribution in [2.45, 2.75) is 56.8 Å². The maximum atomic E-state index is 13.4. The molecule has 1 heterocycles. The minimum absolute atomic E-state index is 0.131. The molecule has 1 aliphatic heterocycles. The summed E-state index contributed by atoms with van der Waals surface area (Å²) in [7, 11) is -2.29. The maximum Gasteiger partial charge on any atom is 0.266 e. The average Bonchev–Trinajstić information content (AvgIpc) is 2.76. The Morgan fingerprint density at radius 2 is 1.74 bits per heavy atom. The molecule has 0 spiro atoms. The van der Waals surface area contributed by atoms with Crippen LogP contribution in [0.15, 0.2) is 65.1 Å². The summed E-state index contributed by atoms with van der Waals surface area (Å²) >= 11 is 0. The standard InChI is InChI=1S/C25H31NO4S/c1-4-5-6-22-10-9-21(20-11-13-23(30-3)14-12-20)17-18-26(25(22)27)31(28,29)24-15-7-19(2)8-16-24/h7-8,10-16,21H,4-6,9,17-18H2,1-3H3/b22-10-. The van der Waals surface area contributed by atoms with E-state index < -0.39 is 10.0 Å². The summed E-state index contributed by atoms with van der Waals surface area (Å²) < 4.78 is 33.1. The van der Waals surface area contributed by atoms with Crippen LogP contribution in [0.1, 0.15) is 56.1 Å². The second kappa shape index (κ2) is 10.1. The van der Waals surface area contributed by atoms with E-state index >= 15 is 0 Å². The summed E-state index contributed by atoms with van der Waals surface area (Å²) in [5.74, 6) is 0.529. The first-order valence-corrected chi connectivity index (χ1v) is 12.3. The molecule has 166 valence electrons. The highest BCUT2D eigenvalue weighted by molar-refractivity contribution is 7.89. The summed E-state index contributed by atoms with van der Waals surface area (Å²) in [4.78, 5) is 13.4. The van der Waals surface area contributed by atoms with Crippen LogP contribution in [0.4, 0.5) is 0 Å². The average molecular weight is 442 g/mol. The monoisotopic (exact) mass is 441 g/mol. The van der Waals surface area contributed by atoms with Gasteiger partial charge in [-0.15, -0.1) is 0 Å². The molecule has 0 saturated heterocycles. The van der Waals surface area contributed by atoms with Gasteiger partial charge in [-0.25, -0.2) is 12.7 Å². The van der Waals surface area contributed by atoms with Crippen LogP contribution in [0.25, 0.3) is 0 Å². The molecule has 6 heteroatoms. The highest BCUT2D eigenvalue weighted by Gasteiger charge is 2.33. The van der Waals surface area contributed by atoms with Crippen molar-refractivity contribution < 1.29 is 17.9 Å². The van der Waals surface area contributed by atoms with Crippen molar-refractivity contribution in [3.63, 3.8) is 0 Å². The number of sulfonamides is 1. The zero-order valence-electron chi connectivity index (χ0n) is 18.5. The number of amides is 1. The lowest BCUT2D eigenvalue weighted by Crippen LogP contribution is -2.40. The predicted octanol–water partition coefficient (Wildman–Crippen LogP) is 5.22. The molecule has 0 aromatic heterocycles. The highest BCUT2D eigenvalue weighted by Crippen LogP contribution is 2.31. The molecule has 0 N–H and O–H groups in total. The molecule has 0 fully saturated rings. The summed E-state index contributed by atoms with van der Waals surface area (Å²) in [6.45, 7) is 4.13. The number of benzene rings is 2. The summed E-state index contributed by atoms with van der Waals surface area (Å²) in [6, 6.07) is 14.5. The molecule has 0 bridgehead atoms. The van der Waals surface area contributed by atoms with Gasteiger partial charge in [0.15, 0.2) is 0 Å². The Hall–Kier alpha value is -2.60. The minimum atomic E-state index is -3.92. The van der Waals surface area contributed by atoms with Crippen molar-refractivity contribution in [3.8, 4) is 5.75 Å². The van der Waals surface area contributed by atoms with Gasteiger partial charge in [-0.3, -0.25) is 4.79 Å². The second-order valence-electron chi connectivity index (χ2n) is 8.02. The Morgan fingerprint density at radius 3 is 2.35 bits per heavy atom. The van der Waals surface area contributed by atoms with E-state index in [-0.39, 0.29) is 23.3 Å². The van der Waals surface area contributed by atoms with E-state index in [1.807, 2.05) is 37.3 Å². The number of hydrogen-bond acceptors (Lipinski definition) is 4. The first-order chi connectivity index (χ1) is 14.9. The Morgan fingerprint density at radius 1 is 1.06 bits per heavy atom. The molecule has 1 atom stereocenters. The molecule has 1 unspecified atom stereocenters. The molecule has 1 amide bonds. The second-order valence-corrected chi connectivity index (χ2v) is 9.89. The summed E-state index contributed by atoms with van der Waals surface area (Å²) in [5.41, 5.74) is 2.69. The van der Waals surface area contributed by atoms with Gasteiger partial charge in [0.2, 0.25) is 0 Å². The van der Waals surface area contributed by atoms with Gasteiger partial charge >= 0.3 is 0 Å². The quantitative estimate of drug-likeness (QED) is 0.591. The molecular weight excluding hydrogens is 410 g/mol. The molecule has 5 nitrogen and oxygen atoms in total. The molecule has 2 aromatic carbocycles. The minimum Gasteiger partial charge on any atom is -0.497 e. The SMILES string of the molecule is CCCC/C1=C/CC(c2ccc(OC)cc2)CCN(S(=O)(=O)c2ccc(C)cc2)C1=O. The number of carbonyl (C=O) groups excluding carboxylic acids is 1. The van der Waals surface area contributed by atoms with Crippen LogP contribution >= 0.6 is 0 Å². The fraction of sp³-hybridized carbons (Fsp3) is 0.400. The van der Waals surface area contributed by atoms with Gasteiger partial charge in [0.1, 0.15) is 5.75 Å². The van der Waals surface area contributed by atoms with Crippen molar-refractivity contribution in [3.05, 3.63) is 71.3 Å². The van der Waals surface area contributed by atoms with Crippen LogP contribution in [0.3, 0.4) is 0 Å². The smallest absolute Gasteiger partial charge is 0.266 e. The topological polar surface area (TPSA) is 63.7 Å². The van der Waals surface area contributed by atoms with Gasteiger partial charge in [-0.1, -0.05) is 49.2 Å². The summed E-state index contributed by atoms with van der Waals surface area (Å²) in [6.07, 6.45) is 5.62. The van der Waals surface area contributed by atoms with E-state index in [0.717, 1.165) is 40.4 Å². The third-order valence-corrected chi connectivity index (χ3v) is 7.62. The fourth-order valence-electron chi connectivity index (χ4n) is 3.85. The zero-order chi connectivity index (χ0) is 22.4. The first kappa shape index (κ1) is 23.1. The predicted molar refractivity (Wildman–Crippen MR) is 123 cm³/mol. The van der Waals surface area contributed by atoms with Crippen LogP contribution in [-0.2, 0) is 14.8 Å². The third-order valence-electron chi connectivity index (χ3n) is 5.83. The number of unbranched alkanes of at least 4 members (excludes halogenated alkanes) is 1. The Labute approximate surface area is 185 Å². The maximum absolute atomic E-state index is 13.4. The Kier molecular flexibility index (Phi) is 7.55. The normalized spacial score (nSPS) is 19.3. The number of nitrogens with zero attached hydrogens (tertiary/aromatic N) is 1. The molecular formula is C25H31NO4S. The van der Waals surface area contributed by atoms with Gasteiger partial charge in [0, 0.05) is 12.1 Å². The molecule has 31 heavy (non-hydrogen) atoms. The number of rotatable bonds is 7. The van der Waals surface area contributed by atoms with E-state index in [9.17, 15) is 13.2 Å². The molecule has 3 rings (SSSR count). The van der Waals surface area contributed by atoms with Gasteiger partial charge < -0.3 is 4.74 Å². The lowest BCUT2D eigenvalue weighted by Gasteiger charge is -2.28. The van der Waals surface area contributed by atoms with E-state index in [1.165, 1.54) is 0 Å². The molecule has 0 aliphatic carbocycles. The lowest BCUT2D eigenvalue weighted by atomic mass is 9.89. The van der Waals surface area contributed by atoms with E-state index in [1.54, 1.807) is 31.4 Å². The van der Waals surface area contributed by atoms with E-state index in [0.29, 0.717) is 18.4 Å². The number of ether oxygens (including phenoxy) is 1. The van der Waals surface area contributed by atoms with Crippen molar-refractivity contribution in [1.29, 1.82) is 0 Å². The van der Waals surface area contributed by atoms with Crippen LogP contribution < -0.4 is 4.74 Å². The van der Waals surface area contributed by atoms with Crippen LogP contribution in [0.2, 0.25) is 0 Å². The Balaban J connectivity index is 1.95. The largest absolute Gasteiger partial charge is 0.497 e. The van der Waals surface area contributed by atoms with Crippen molar-refractivity contribution in [2.75, 3.05) is 13.7 Å². The van der Waals surface area contributed by atoms with E-state index in [2.05, 4.69) is 6.92 Å². The van der Waals surface area contributed by atoms with Crippen LogP contribution in [0.5, 0.6) is 5.75 Å². The molecule has 0 saturated carbocycles. The Bertz CT molecular complexity index is 1020. The molecule has 0 radical (unpaired) electrons. The number of methoxy groups -OCH3 is 1. The molecule has 2 aromatic rings. The van der Waals surface area contributed by atoms with Crippen molar-refractivity contribution >= 4 is 15.9 Å². The van der Waals surface area contributed by atoms with Gasteiger partial charge in [-0.05, 0) is 68.4 Å². The number of aryl methyl sites for hydroxylation is 1. The zero-order valence-corrected chi connectivity index (χ0v) is 19.3. The van der Waals surface area contributed by atoms with Gasteiger partial charge in [-0.2, -0.15) is 0 Å². The van der Waals surface area contributed by atoms with Gasteiger partial charge in [0.25, 0.3) is 15.9 Å². The third kappa shape index (κ3) is 5.37. The number of allylic oxidation sites excluding steroid dienone is 1. The van der Waals surface area contributed by atoms with E-state index in [4.69, 9.17) is 4.74 Å².